The third kappa shape index (κ3) is 4.60. The van der Waals surface area contributed by atoms with Gasteiger partial charge in [0.15, 0.2) is 0 Å². The SMILES string of the molecule is CC(=O)NCCc1cn(CCCO)cn1. The summed E-state index contributed by atoms with van der Waals surface area (Å²) in [6, 6.07) is 0. The fourth-order valence-electron chi connectivity index (χ4n) is 1.28. The number of nitrogens with zero attached hydrogens (tertiary/aromatic N) is 2. The van der Waals surface area contributed by atoms with E-state index in [1.807, 2.05) is 10.8 Å². The summed E-state index contributed by atoms with van der Waals surface area (Å²) in [5, 5.41) is 11.4. The van der Waals surface area contributed by atoms with Crippen molar-refractivity contribution in [1.82, 2.24) is 14.9 Å². The maximum atomic E-state index is 10.6. The molecule has 0 fully saturated rings. The third-order valence-electron chi connectivity index (χ3n) is 2.02. The van der Waals surface area contributed by atoms with Crippen LogP contribution in [0.5, 0.6) is 0 Å². The van der Waals surface area contributed by atoms with Gasteiger partial charge in [0.05, 0.1) is 12.0 Å². The topological polar surface area (TPSA) is 67.2 Å². The lowest BCUT2D eigenvalue weighted by atomic mass is 10.3. The second-order valence-electron chi connectivity index (χ2n) is 3.41. The molecule has 0 unspecified atom stereocenters. The van der Waals surface area contributed by atoms with E-state index in [-0.39, 0.29) is 12.5 Å². The summed E-state index contributed by atoms with van der Waals surface area (Å²) in [5.74, 6) is -0.0188. The molecule has 0 aliphatic heterocycles. The number of aryl methyl sites for hydroxylation is 1. The van der Waals surface area contributed by atoms with Gasteiger partial charge in [-0.1, -0.05) is 0 Å². The minimum atomic E-state index is -0.0188. The van der Waals surface area contributed by atoms with Crippen LogP contribution in [-0.4, -0.2) is 33.7 Å². The summed E-state index contributed by atoms with van der Waals surface area (Å²) >= 11 is 0. The highest BCUT2D eigenvalue weighted by Crippen LogP contribution is 1.98. The van der Waals surface area contributed by atoms with Gasteiger partial charge in [0.1, 0.15) is 0 Å². The quantitative estimate of drug-likeness (QED) is 0.693. The van der Waals surface area contributed by atoms with Gasteiger partial charge in [0.2, 0.25) is 5.91 Å². The van der Waals surface area contributed by atoms with E-state index in [0.717, 1.165) is 25.1 Å². The van der Waals surface area contributed by atoms with Crippen LogP contribution in [0.2, 0.25) is 0 Å². The molecule has 0 bridgehead atoms. The fourth-order valence-corrected chi connectivity index (χ4v) is 1.28. The first-order valence-corrected chi connectivity index (χ1v) is 5.08. The molecule has 5 heteroatoms. The van der Waals surface area contributed by atoms with E-state index in [0.29, 0.717) is 6.54 Å². The number of carbonyl (C=O) groups excluding carboxylic acids is 1. The standard InChI is InChI=1S/C10H17N3O2/c1-9(15)11-4-3-10-7-13(8-12-10)5-2-6-14/h7-8,14H,2-6H2,1H3,(H,11,15). The molecule has 0 atom stereocenters. The van der Waals surface area contributed by atoms with Crippen molar-refractivity contribution >= 4 is 5.91 Å². The van der Waals surface area contributed by atoms with Crippen LogP contribution >= 0.6 is 0 Å². The number of amides is 1. The van der Waals surface area contributed by atoms with E-state index in [1.165, 1.54) is 6.92 Å². The highest BCUT2D eigenvalue weighted by Gasteiger charge is 1.99. The van der Waals surface area contributed by atoms with Crippen molar-refractivity contribution in [2.45, 2.75) is 26.3 Å². The number of hydrogen-bond donors (Lipinski definition) is 2. The first-order valence-electron chi connectivity index (χ1n) is 5.08. The minimum absolute atomic E-state index is 0.0188. The van der Waals surface area contributed by atoms with Gasteiger partial charge in [-0.2, -0.15) is 0 Å². The van der Waals surface area contributed by atoms with Crippen LogP contribution in [0, 0.1) is 0 Å². The van der Waals surface area contributed by atoms with Crippen molar-refractivity contribution < 1.29 is 9.90 Å². The van der Waals surface area contributed by atoms with Crippen molar-refractivity contribution in [3.05, 3.63) is 18.2 Å². The monoisotopic (exact) mass is 211 g/mol. The number of aromatic nitrogens is 2. The molecule has 5 nitrogen and oxygen atoms in total. The van der Waals surface area contributed by atoms with Crippen LogP contribution in [0.4, 0.5) is 0 Å². The Morgan fingerprint density at radius 1 is 1.67 bits per heavy atom. The Morgan fingerprint density at radius 3 is 3.13 bits per heavy atom. The number of aliphatic hydroxyl groups excluding tert-OH is 1. The van der Waals surface area contributed by atoms with E-state index in [2.05, 4.69) is 10.3 Å². The molecule has 1 heterocycles. The first-order chi connectivity index (χ1) is 7.22. The molecular weight excluding hydrogens is 194 g/mol. The van der Waals surface area contributed by atoms with E-state index in [4.69, 9.17) is 5.11 Å². The number of nitrogens with one attached hydrogen (secondary N) is 1. The zero-order chi connectivity index (χ0) is 11.1. The van der Waals surface area contributed by atoms with Gasteiger partial charge in [0.25, 0.3) is 0 Å². The van der Waals surface area contributed by atoms with E-state index < -0.39 is 0 Å². The minimum Gasteiger partial charge on any atom is -0.396 e. The molecule has 1 rings (SSSR count). The molecule has 0 saturated carbocycles. The molecule has 0 saturated heterocycles. The normalized spacial score (nSPS) is 10.3. The molecule has 1 amide bonds. The Bertz CT molecular complexity index is 309. The largest absolute Gasteiger partial charge is 0.396 e. The Balaban J connectivity index is 2.29. The van der Waals surface area contributed by atoms with Crippen molar-refractivity contribution in [2.75, 3.05) is 13.2 Å². The van der Waals surface area contributed by atoms with Crippen LogP contribution in [0.15, 0.2) is 12.5 Å². The summed E-state index contributed by atoms with van der Waals surface area (Å²) in [4.78, 5) is 14.8. The number of carbonyl (C=O) groups is 1. The average molecular weight is 211 g/mol. The van der Waals surface area contributed by atoms with Crippen LogP contribution in [0.25, 0.3) is 0 Å². The van der Waals surface area contributed by atoms with Gasteiger partial charge < -0.3 is 15.0 Å². The lowest BCUT2D eigenvalue weighted by molar-refractivity contribution is -0.118. The maximum absolute atomic E-state index is 10.6. The Morgan fingerprint density at radius 2 is 2.47 bits per heavy atom. The number of imidazole rings is 1. The zero-order valence-corrected chi connectivity index (χ0v) is 8.94. The van der Waals surface area contributed by atoms with E-state index in [9.17, 15) is 4.79 Å². The van der Waals surface area contributed by atoms with Crippen LogP contribution < -0.4 is 5.32 Å². The van der Waals surface area contributed by atoms with Crippen LogP contribution in [0.1, 0.15) is 19.0 Å². The summed E-state index contributed by atoms with van der Waals surface area (Å²) in [6.45, 7) is 3.09. The highest BCUT2D eigenvalue weighted by molar-refractivity contribution is 5.72. The van der Waals surface area contributed by atoms with Crippen LogP contribution in [-0.2, 0) is 17.8 Å². The third-order valence-corrected chi connectivity index (χ3v) is 2.02. The fraction of sp³-hybridized carbons (Fsp3) is 0.600. The molecular formula is C10H17N3O2. The van der Waals surface area contributed by atoms with Gasteiger partial charge in [-0.15, -0.1) is 0 Å². The second kappa shape index (κ2) is 6.19. The molecule has 0 radical (unpaired) electrons. The summed E-state index contributed by atoms with van der Waals surface area (Å²) in [6.07, 6.45) is 5.17. The van der Waals surface area contributed by atoms with Gasteiger partial charge in [-0.05, 0) is 6.42 Å². The van der Waals surface area contributed by atoms with E-state index in [1.54, 1.807) is 6.33 Å². The van der Waals surface area contributed by atoms with Crippen LogP contribution in [0.3, 0.4) is 0 Å². The zero-order valence-electron chi connectivity index (χ0n) is 8.94. The average Bonchev–Trinajstić information content (AvgIpc) is 2.62. The molecule has 15 heavy (non-hydrogen) atoms. The number of rotatable bonds is 6. The van der Waals surface area contributed by atoms with Gasteiger partial charge in [0, 0.05) is 39.2 Å². The molecule has 0 aromatic carbocycles. The highest BCUT2D eigenvalue weighted by atomic mass is 16.3. The van der Waals surface area contributed by atoms with Gasteiger partial charge >= 0.3 is 0 Å². The molecule has 84 valence electrons. The lowest BCUT2D eigenvalue weighted by Gasteiger charge is -1.99. The molecule has 1 aromatic heterocycles. The summed E-state index contributed by atoms with van der Waals surface area (Å²) in [5.41, 5.74) is 0.960. The number of hydrogen-bond acceptors (Lipinski definition) is 3. The summed E-state index contributed by atoms with van der Waals surface area (Å²) in [7, 11) is 0. The Hall–Kier alpha value is -1.36. The van der Waals surface area contributed by atoms with Crippen molar-refractivity contribution in [1.29, 1.82) is 0 Å². The predicted molar refractivity (Wildman–Crippen MR) is 56.3 cm³/mol. The van der Waals surface area contributed by atoms with Crippen molar-refractivity contribution in [3.63, 3.8) is 0 Å². The lowest BCUT2D eigenvalue weighted by Crippen LogP contribution is -2.22. The second-order valence-corrected chi connectivity index (χ2v) is 3.41. The van der Waals surface area contributed by atoms with Gasteiger partial charge in [-0.25, -0.2) is 4.98 Å². The molecule has 0 spiro atoms. The molecule has 1 aromatic rings. The first kappa shape index (κ1) is 11.7. The molecule has 0 aliphatic carbocycles. The molecule has 2 N–H and O–H groups in total. The summed E-state index contributed by atoms with van der Waals surface area (Å²) < 4.78 is 1.94. The number of aliphatic hydroxyl groups is 1. The Kier molecular flexibility index (Phi) is 4.83. The van der Waals surface area contributed by atoms with Gasteiger partial charge in [-0.3, -0.25) is 4.79 Å². The smallest absolute Gasteiger partial charge is 0.216 e. The maximum Gasteiger partial charge on any atom is 0.216 e. The van der Waals surface area contributed by atoms with Crippen molar-refractivity contribution in [3.8, 4) is 0 Å². The Labute approximate surface area is 89.1 Å². The van der Waals surface area contributed by atoms with E-state index >= 15 is 0 Å². The molecule has 0 aliphatic rings. The van der Waals surface area contributed by atoms with Crippen molar-refractivity contribution in [2.24, 2.45) is 0 Å². The predicted octanol–water partition coefficient (Wildman–Crippen LogP) is -0.0559.